The van der Waals surface area contributed by atoms with Crippen molar-refractivity contribution < 1.29 is 4.79 Å². The van der Waals surface area contributed by atoms with Crippen LogP contribution in [-0.2, 0) is 0 Å². The van der Waals surface area contributed by atoms with Crippen LogP contribution in [0.1, 0.15) is 47.5 Å². The lowest BCUT2D eigenvalue weighted by molar-refractivity contribution is 0.0924. The SMILES string of the molecule is O=C(NC1CCCC(c2ccc(Cl)cc2)C1)c1cc2ccccc2[nH]c1=O. The van der Waals surface area contributed by atoms with E-state index in [1.165, 1.54) is 5.56 Å². The van der Waals surface area contributed by atoms with Crippen molar-refractivity contribution in [1.29, 1.82) is 0 Å². The summed E-state index contributed by atoms with van der Waals surface area (Å²) in [6, 6.07) is 17.1. The van der Waals surface area contributed by atoms with Gasteiger partial charge < -0.3 is 10.3 Å². The Morgan fingerprint density at radius 3 is 2.67 bits per heavy atom. The third-order valence-corrected chi connectivity index (χ3v) is 5.60. The zero-order valence-corrected chi connectivity index (χ0v) is 15.6. The number of benzene rings is 2. The van der Waals surface area contributed by atoms with E-state index in [9.17, 15) is 9.59 Å². The molecule has 1 fully saturated rings. The number of hydrogen-bond acceptors (Lipinski definition) is 2. The zero-order chi connectivity index (χ0) is 18.8. The second kappa shape index (κ2) is 7.57. The highest BCUT2D eigenvalue weighted by Crippen LogP contribution is 2.33. The molecule has 1 aliphatic carbocycles. The van der Waals surface area contributed by atoms with Crippen LogP contribution in [0.15, 0.2) is 59.4 Å². The lowest BCUT2D eigenvalue weighted by Crippen LogP contribution is -2.40. The molecule has 27 heavy (non-hydrogen) atoms. The molecule has 2 N–H and O–H groups in total. The van der Waals surface area contributed by atoms with Crippen LogP contribution in [0.25, 0.3) is 10.9 Å². The maximum atomic E-state index is 12.7. The van der Waals surface area contributed by atoms with Crippen molar-refractivity contribution in [1.82, 2.24) is 10.3 Å². The van der Waals surface area contributed by atoms with Gasteiger partial charge in [0.05, 0.1) is 0 Å². The summed E-state index contributed by atoms with van der Waals surface area (Å²) < 4.78 is 0. The fraction of sp³-hybridized carbons (Fsp3) is 0.273. The van der Waals surface area contributed by atoms with Gasteiger partial charge in [-0.05, 0) is 60.4 Å². The van der Waals surface area contributed by atoms with Crippen LogP contribution in [0.3, 0.4) is 0 Å². The predicted octanol–water partition coefficient (Wildman–Crippen LogP) is 4.64. The Kier molecular flexibility index (Phi) is 4.99. The van der Waals surface area contributed by atoms with Gasteiger partial charge in [0.15, 0.2) is 0 Å². The number of aromatic amines is 1. The summed E-state index contributed by atoms with van der Waals surface area (Å²) >= 11 is 5.98. The Labute approximate surface area is 162 Å². The fourth-order valence-corrected chi connectivity index (χ4v) is 4.06. The first-order valence-corrected chi connectivity index (χ1v) is 9.66. The standard InChI is InChI=1S/C22H21ClN2O2/c23-17-10-8-14(9-11-17)15-5-3-6-18(12-15)24-21(26)19-13-16-4-1-2-7-20(16)25-22(19)27/h1-2,4,7-11,13,15,18H,3,5-6,12H2,(H,24,26)(H,25,27). The van der Waals surface area contributed by atoms with Crippen molar-refractivity contribution in [3.8, 4) is 0 Å². The van der Waals surface area contributed by atoms with Crippen LogP contribution >= 0.6 is 11.6 Å². The molecule has 0 bridgehead atoms. The van der Waals surface area contributed by atoms with Crippen molar-refractivity contribution >= 4 is 28.4 Å². The molecule has 1 amide bonds. The van der Waals surface area contributed by atoms with Gasteiger partial charge >= 0.3 is 0 Å². The molecule has 5 heteroatoms. The summed E-state index contributed by atoms with van der Waals surface area (Å²) in [7, 11) is 0. The first-order chi connectivity index (χ1) is 13.1. The van der Waals surface area contributed by atoms with Gasteiger partial charge in [0.25, 0.3) is 11.5 Å². The second-order valence-electron chi connectivity index (χ2n) is 7.18. The van der Waals surface area contributed by atoms with E-state index < -0.39 is 0 Å². The molecule has 0 radical (unpaired) electrons. The monoisotopic (exact) mass is 380 g/mol. The molecule has 0 saturated heterocycles. The van der Waals surface area contributed by atoms with Crippen molar-refractivity contribution in [3.05, 3.63) is 81.1 Å². The van der Waals surface area contributed by atoms with Crippen LogP contribution < -0.4 is 10.9 Å². The fourth-order valence-electron chi connectivity index (χ4n) is 3.94. The van der Waals surface area contributed by atoms with Gasteiger partial charge in [0, 0.05) is 16.6 Å². The van der Waals surface area contributed by atoms with E-state index in [0.29, 0.717) is 5.92 Å². The Morgan fingerprint density at radius 1 is 1.07 bits per heavy atom. The van der Waals surface area contributed by atoms with Gasteiger partial charge in [0.2, 0.25) is 0 Å². The maximum absolute atomic E-state index is 12.7. The van der Waals surface area contributed by atoms with Gasteiger partial charge in [-0.15, -0.1) is 0 Å². The predicted molar refractivity (Wildman–Crippen MR) is 108 cm³/mol. The molecular weight excluding hydrogens is 360 g/mol. The smallest absolute Gasteiger partial charge is 0.261 e. The number of pyridine rings is 1. The van der Waals surface area contributed by atoms with E-state index in [4.69, 9.17) is 11.6 Å². The average Bonchev–Trinajstić information content (AvgIpc) is 2.68. The number of nitrogens with one attached hydrogen (secondary N) is 2. The van der Waals surface area contributed by atoms with Crippen LogP contribution in [0.4, 0.5) is 0 Å². The minimum atomic E-state index is -0.351. The quantitative estimate of drug-likeness (QED) is 0.695. The first-order valence-electron chi connectivity index (χ1n) is 9.28. The third-order valence-electron chi connectivity index (χ3n) is 5.35. The third kappa shape index (κ3) is 3.91. The van der Waals surface area contributed by atoms with Crippen molar-refractivity contribution in [2.45, 2.75) is 37.6 Å². The van der Waals surface area contributed by atoms with Gasteiger partial charge in [-0.1, -0.05) is 48.4 Å². The molecule has 3 aromatic rings. The number of hydrogen-bond donors (Lipinski definition) is 2. The molecule has 1 aromatic heterocycles. The maximum Gasteiger partial charge on any atom is 0.261 e. The number of carbonyl (C=O) groups excluding carboxylic acids is 1. The molecule has 1 heterocycles. The second-order valence-corrected chi connectivity index (χ2v) is 7.62. The van der Waals surface area contributed by atoms with Crippen LogP contribution in [0, 0.1) is 0 Å². The minimum Gasteiger partial charge on any atom is -0.349 e. The number of fused-ring (bicyclic) bond motifs is 1. The van der Waals surface area contributed by atoms with E-state index in [-0.39, 0.29) is 23.1 Å². The van der Waals surface area contributed by atoms with E-state index in [2.05, 4.69) is 22.4 Å². The molecular formula is C22H21ClN2O2. The van der Waals surface area contributed by atoms with Crippen molar-refractivity contribution in [3.63, 3.8) is 0 Å². The van der Waals surface area contributed by atoms with E-state index in [1.54, 1.807) is 6.07 Å². The number of amides is 1. The lowest BCUT2D eigenvalue weighted by atomic mass is 9.81. The summed E-state index contributed by atoms with van der Waals surface area (Å²) in [6.45, 7) is 0. The van der Waals surface area contributed by atoms with Crippen molar-refractivity contribution in [2.24, 2.45) is 0 Å². The summed E-state index contributed by atoms with van der Waals surface area (Å²) in [5.41, 5.74) is 1.81. The molecule has 138 valence electrons. The van der Waals surface area contributed by atoms with Gasteiger partial charge in [-0.3, -0.25) is 9.59 Å². The van der Waals surface area contributed by atoms with Crippen LogP contribution in [-0.4, -0.2) is 16.9 Å². The van der Waals surface area contributed by atoms with Gasteiger partial charge in [-0.2, -0.15) is 0 Å². The molecule has 2 atom stereocenters. The molecule has 0 spiro atoms. The number of carbonyl (C=O) groups is 1. The molecule has 2 aromatic carbocycles. The Bertz CT molecular complexity index is 1030. The minimum absolute atomic E-state index is 0.0674. The summed E-state index contributed by atoms with van der Waals surface area (Å²) in [4.78, 5) is 27.8. The Hall–Kier alpha value is -2.59. The van der Waals surface area contributed by atoms with E-state index in [1.807, 2.05) is 36.4 Å². The first kappa shape index (κ1) is 17.8. The Balaban J connectivity index is 1.50. The average molecular weight is 381 g/mol. The summed E-state index contributed by atoms with van der Waals surface area (Å²) in [5.74, 6) is 0.0972. The van der Waals surface area contributed by atoms with Gasteiger partial charge in [-0.25, -0.2) is 0 Å². The van der Waals surface area contributed by atoms with Gasteiger partial charge in [0.1, 0.15) is 5.56 Å². The Morgan fingerprint density at radius 2 is 1.85 bits per heavy atom. The van der Waals surface area contributed by atoms with Crippen molar-refractivity contribution in [2.75, 3.05) is 0 Å². The van der Waals surface area contributed by atoms with Crippen LogP contribution in [0.2, 0.25) is 5.02 Å². The molecule has 2 unspecified atom stereocenters. The highest BCUT2D eigenvalue weighted by Gasteiger charge is 2.25. The number of halogens is 1. The highest BCUT2D eigenvalue weighted by molar-refractivity contribution is 6.30. The van der Waals surface area contributed by atoms with Crippen LogP contribution in [0.5, 0.6) is 0 Å². The largest absolute Gasteiger partial charge is 0.349 e. The zero-order valence-electron chi connectivity index (χ0n) is 14.9. The number of H-pyrrole nitrogens is 1. The number of para-hydroxylation sites is 1. The molecule has 4 rings (SSSR count). The highest BCUT2D eigenvalue weighted by atomic mass is 35.5. The lowest BCUT2D eigenvalue weighted by Gasteiger charge is -2.30. The topological polar surface area (TPSA) is 62.0 Å². The summed E-state index contributed by atoms with van der Waals surface area (Å²) in [5, 5.41) is 4.65. The summed E-state index contributed by atoms with van der Waals surface area (Å²) in [6.07, 6.45) is 3.96. The molecule has 0 aliphatic heterocycles. The van der Waals surface area contributed by atoms with E-state index in [0.717, 1.165) is 41.6 Å². The number of aromatic nitrogens is 1. The number of rotatable bonds is 3. The molecule has 1 aliphatic rings. The molecule has 1 saturated carbocycles. The van der Waals surface area contributed by atoms with E-state index >= 15 is 0 Å². The molecule has 4 nitrogen and oxygen atoms in total. The normalized spacial score (nSPS) is 19.7.